The zero-order chi connectivity index (χ0) is 10.8. The summed E-state index contributed by atoms with van der Waals surface area (Å²) in [5.74, 6) is -0.131. The number of methoxy groups -OCH3 is 1. The number of fused-ring (bicyclic) bond motifs is 1. The van der Waals surface area contributed by atoms with E-state index in [0.29, 0.717) is 11.1 Å². The molecule has 2 aromatic rings. The molecule has 1 heterocycles. The smallest absolute Gasteiger partial charge is 0.313 e. The van der Waals surface area contributed by atoms with Crippen LogP contribution >= 0.6 is 0 Å². The van der Waals surface area contributed by atoms with Crippen molar-refractivity contribution in [3.63, 3.8) is 0 Å². The fraction of sp³-hybridized carbons (Fsp3) is 0.182. The van der Waals surface area contributed by atoms with E-state index in [1.807, 2.05) is 6.07 Å². The normalized spacial score (nSPS) is 10.5. The van der Waals surface area contributed by atoms with Gasteiger partial charge in [0.05, 0.1) is 12.5 Å². The van der Waals surface area contributed by atoms with Gasteiger partial charge < -0.3 is 14.3 Å². The van der Waals surface area contributed by atoms with Gasteiger partial charge in [0.1, 0.15) is 12.2 Å². The van der Waals surface area contributed by atoms with Crippen LogP contribution in [-0.4, -0.2) is 18.2 Å². The van der Waals surface area contributed by atoms with Crippen molar-refractivity contribution in [2.75, 3.05) is 7.11 Å². The lowest BCUT2D eigenvalue weighted by atomic mass is 10.1. The summed E-state index contributed by atoms with van der Waals surface area (Å²) in [6, 6.07) is 7.13. The van der Waals surface area contributed by atoms with Gasteiger partial charge in [0.25, 0.3) is 5.95 Å². The summed E-state index contributed by atoms with van der Waals surface area (Å²) in [6.07, 6.45) is 0.0254. The van der Waals surface area contributed by atoms with Crippen LogP contribution in [0.5, 0.6) is 5.95 Å². The number of benzene rings is 1. The summed E-state index contributed by atoms with van der Waals surface area (Å²) in [5.41, 5.74) is 0. The third-order valence-corrected chi connectivity index (χ3v) is 2.21. The van der Waals surface area contributed by atoms with Crippen molar-refractivity contribution in [2.45, 2.75) is 6.42 Å². The van der Waals surface area contributed by atoms with Crippen LogP contribution in [0.25, 0.3) is 10.8 Å². The molecule has 0 radical (unpaired) electrons. The Kier molecular flexibility index (Phi) is 2.33. The van der Waals surface area contributed by atoms with Crippen LogP contribution in [0.1, 0.15) is 5.76 Å². The molecular weight excluding hydrogens is 196 g/mol. The van der Waals surface area contributed by atoms with Gasteiger partial charge in [-0.25, -0.2) is 0 Å². The van der Waals surface area contributed by atoms with Crippen LogP contribution in [0.4, 0.5) is 0 Å². The van der Waals surface area contributed by atoms with Crippen LogP contribution in [-0.2, 0) is 16.0 Å². The summed E-state index contributed by atoms with van der Waals surface area (Å²) in [6.45, 7) is 0. The second kappa shape index (κ2) is 3.65. The van der Waals surface area contributed by atoms with Crippen molar-refractivity contribution in [1.82, 2.24) is 0 Å². The van der Waals surface area contributed by atoms with Gasteiger partial charge in [0, 0.05) is 5.39 Å². The van der Waals surface area contributed by atoms with E-state index >= 15 is 0 Å². The quantitative estimate of drug-likeness (QED) is 0.762. The zero-order valence-corrected chi connectivity index (χ0v) is 8.19. The number of ether oxygens (including phenoxy) is 1. The molecule has 78 valence electrons. The van der Waals surface area contributed by atoms with Gasteiger partial charge in [0.15, 0.2) is 0 Å². The highest BCUT2D eigenvalue weighted by molar-refractivity contribution is 5.91. The Morgan fingerprint density at radius 2 is 2.07 bits per heavy atom. The Balaban J connectivity index is 2.48. The van der Waals surface area contributed by atoms with Gasteiger partial charge in [0.2, 0.25) is 0 Å². The van der Waals surface area contributed by atoms with E-state index in [1.54, 1.807) is 18.2 Å². The molecule has 0 saturated carbocycles. The molecule has 0 unspecified atom stereocenters. The predicted octanol–water partition coefficient (Wildman–Crippen LogP) is 1.85. The monoisotopic (exact) mass is 206 g/mol. The molecule has 0 amide bonds. The average Bonchev–Trinajstić information content (AvgIpc) is 2.57. The molecule has 4 heteroatoms. The van der Waals surface area contributed by atoms with Crippen molar-refractivity contribution < 1.29 is 19.1 Å². The molecule has 0 atom stereocenters. The topological polar surface area (TPSA) is 59.7 Å². The first-order chi connectivity index (χ1) is 7.22. The first-order valence-electron chi connectivity index (χ1n) is 4.48. The SMILES string of the molecule is COC(=O)Cc1oc(O)c2ccccc12. The van der Waals surface area contributed by atoms with E-state index in [0.717, 1.165) is 5.39 Å². The van der Waals surface area contributed by atoms with Gasteiger partial charge in [-0.2, -0.15) is 0 Å². The molecule has 0 spiro atoms. The van der Waals surface area contributed by atoms with Gasteiger partial charge in [-0.1, -0.05) is 18.2 Å². The fourth-order valence-corrected chi connectivity index (χ4v) is 1.47. The van der Waals surface area contributed by atoms with Gasteiger partial charge >= 0.3 is 5.97 Å². The highest BCUT2D eigenvalue weighted by Crippen LogP contribution is 2.31. The summed E-state index contributed by atoms with van der Waals surface area (Å²) in [5, 5.41) is 10.8. The Bertz CT molecular complexity index is 498. The molecule has 0 saturated heterocycles. The zero-order valence-electron chi connectivity index (χ0n) is 8.19. The molecule has 15 heavy (non-hydrogen) atoms. The van der Waals surface area contributed by atoms with Crippen molar-refractivity contribution in [3.05, 3.63) is 30.0 Å². The summed E-state index contributed by atoms with van der Waals surface area (Å²) in [7, 11) is 1.31. The highest BCUT2D eigenvalue weighted by Gasteiger charge is 2.14. The second-order valence-electron chi connectivity index (χ2n) is 3.13. The van der Waals surface area contributed by atoms with Crippen molar-refractivity contribution >= 4 is 16.7 Å². The maximum Gasteiger partial charge on any atom is 0.313 e. The van der Waals surface area contributed by atoms with Gasteiger partial charge in [-0.3, -0.25) is 4.79 Å². The minimum absolute atomic E-state index is 0.0254. The molecule has 0 fully saturated rings. The molecular formula is C11H10O4. The predicted molar refractivity (Wildman–Crippen MR) is 53.6 cm³/mol. The number of aromatic hydroxyl groups is 1. The number of carbonyl (C=O) groups is 1. The number of rotatable bonds is 2. The van der Waals surface area contributed by atoms with E-state index in [2.05, 4.69) is 4.74 Å². The molecule has 0 bridgehead atoms. The van der Waals surface area contributed by atoms with E-state index in [-0.39, 0.29) is 12.4 Å². The summed E-state index contributed by atoms with van der Waals surface area (Å²) in [4.78, 5) is 11.1. The number of esters is 1. The number of hydrogen-bond donors (Lipinski definition) is 1. The van der Waals surface area contributed by atoms with Gasteiger partial charge in [-0.05, 0) is 6.07 Å². The van der Waals surface area contributed by atoms with E-state index < -0.39 is 5.97 Å². The molecule has 0 aliphatic rings. The summed E-state index contributed by atoms with van der Waals surface area (Å²) < 4.78 is 9.62. The number of furan rings is 1. The van der Waals surface area contributed by atoms with E-state index in [4.69, 9.17) is 4.42 Å². The molecule has 1 aromatic carbocycles. The Hall–Kier alpha value is -1.97. The molecule has 4 nitrogen and oxygen atoms in total. The third-order valence-electron chi connectivity index (χ3n) is 2.21. The Labute approximate surface area is 86.1 Å². The minimum Gasteiger partial charge on any atom is -0.480 e. The van der Waals surface area contributed by atoms with Crippen LogP contribution in [0.15, 0.2) is 28.7 Å². The van der Waals surface area contributed by atoms with Crippen molar-refractivity contribution in [2.24, 2.45) is 0 Å². The van der Waals surface area contributed by atoms with E-state index in [9.17, 15) is 9.90 Å². The molecule has 1 N–H and O–H groups in total. The summed E-state index contributed by atoms with van der Waals surface area (Å²) >= 11 is 0. The maximum atomic E-state index is 11.1. The number of hydrogen-bond acceptors (Lipinski definition) is 4. The standard InChI is InChI=1S/C11H10O4/c1-14-10(12)6-9-7-4-2-3-5-8(7)11(13)15-9/h2-5,13H,6H2,1H3. The van der Waals surface area contributed by atoms with Crippen LogP contribution in [0, 0.1) is 0 Å². The fourth-order valence-electron chi connectivity index (χ4n) is 1.47. The van der Waals surface area contributed by atoms with Crippen molar-refractivity contribution in [3.8, 4) is 5.95 Å². The first kappa shape index (κ1) is 9.58. The Morgan fingerprint density at radius 3 is 2.73 bits per heavy atom. The average molecular weight is 206 g/mol. The van der Waals surface area contributed by atoms with Crippen LogP contribution in [0.3, 0.4) is 0 Å². The lowest BCUT2D eigenvalue weighted by molar-refractivity contribution is -0.140. The first-order valence-corrected chi connectivity index (χ1v) is 4.48. The van der Waals surface area contributed by atoms with Crippen LogP contribution in [0.2, 0.25) is 0 Å². The van der Waals surface area contributed by atoms with E-state index in [1.165, 1.54) is 7.11 Å². The third kappa shape index (κ3) is 1.66. The maximum absolute atomic E-state index is 11.1. The Morgan fingerprint density at radius 1 is 1.40 bits per heavy atom. The molecule has 1 aromatic heterocycles. The molecule has 0 aliphatic heterocycles. The molecule has 2 rings (SSSR count). The highest BCUT2D eigenvalue weighted by atomic mass is 16.5. The largest absolute Gasteiger partial charge is 0.480 e. The number of carbonyl (C=O) groups excluding carboxylic acids is 1. The lowest BCUT2D eigenvalue weighted by Gasteiger charge is -1.95. The minimum atomic E-state index is -0.394. The van der Waals surface area contributed by atoms with Crippen molar-refractivity contribution in [1.29, 1.82) is 0 Å². The molecule has 0 aliphatic carbocycles. The van der Waals surface area contributed by atoms with Gasteiger partial charge in [-0.15, -0.1) is 0 Å². The second-order valence-corrected chi connectivity index (χ2v) is 3.13. The van der Waals surface area contributed by atoms with Crippen LogP contribution < -0.4 is 0 Å². The lowest BCUT2D eigenvalue weighted by Crippen LogP contribution is -2.03.